The van der Waals surface area contributed by atoms with Crippen LogP contribution in [0.1, 0.15) is 24.8 Å². The summed E-state index contributed by atoms with van der Waals surface area (Å²) in [6, 6.07) is 10.3. The second-order valence-electron chi connectivity index (χ2n) is 5.31. The number of aromatic nitrogens is 1. The van der Waals surface area contributed by atoms with Crippen LogP contribution in [0.15, 0.2) is 40.7 Å². The minimum Gasteiger partial charge on any atom is -0.357 e. The summed E-state index contributed by atoms with van der Waals surface area (Å²) in [4.78, 5) is 9.33. The van der Waals surface area contributed by atoms with Crippen LogP contribution < -0.4 is 10.6 Å². The van der Waals surface area contributed by atoms with Gasteiger partial charge in [0.05, 0.1) is 12.2 Å². The van der Waals surface area contributed by atoms with Crippen LogP contribution in [0.3, 0.4) is 0 Å². The van der Waals surface area contributed by atoms with Gasteiger partial charge in [0, 0.05) is 24.0 Å². The average molecular weight is 363 g/mol. The highest BCUT2D eigenvalue weighted by molar-refractivity contribution is 7.98. The fraction of sp³-hybridized carbons (Fsp3) is 0.444. The lowest BCUT2D eigenvalue weighted by molar-refractivity contribution is 0.734. The highest BCUT2D eigenvalue weighted by Gasteiger charge is 2.04. The quantitative estimate of drug-likeness (QED) is 0.402. The molecule has 0 amide bonds. The number of unbranched alkanes of at least 4 members (excludes halogenated alkanes) is 1. The Morgan fingerprint density at radius 3 is 2.79 bits per heavy atom. The summed E-state index contributed by atoms with van der Waals surface area (Å²) >= 11 is 3.56. The molecule has 130 valence electrons. The molecule has 0 radical (unpaired) electrons. The zero-order chi connectivity index (χ0) is 17.0. The Morgan fingerprint density at radius 2 is 2.04 bits per heavy atom. The minimum atomic E-state index is 0.609. The van der Waals surface area contributed by atoms with Crippen molar-refractivity contribution in [3.63, 3.8) is 0 Å². The zero-order valence-corrected chi connectivity index (χ0v) is 16.1. The van der Waals surface area contributed by atoms with Gasteiger partial charge in [0.15, 0.2) is 5.96 Å². The van der Waals surface area contributed by atoms with Crippen molar-refractivity contribution in [3.05, 3.63) is 40.7 Å². The molecule has 0 fully saturated rings. The van der Waals surface area contributed by atoms with Crippen LogP contribution in [0.25, 0.3) is 11.3 Å². The Bertz CT molecular complexity index is 610. The number of thiazole rings is 1. The third kappa shape index (κ3) is 6.53. The molecule has 1 heterocycles. The molecule has 0 atom stereocenters. The molecule has 0 saturated carbocycles. The first-order valence-electron chi connectivity index (χ1n) is 8.34. The van der Waals surface area contributed by atoms with Crippen molar-refractivity contribution in [2.45, 2.75) is 26.3 Å². The molecule has 24 heavy (non-hydrogen) atoms. The van der Waals surface area contributed by atoms with Crippen molar-refractivity contribution in [1.29, 1.82) is 0 Å². The number of guanidine groups is 1. The molecule has 0 aliphatic carbocycles. The van der Waals surface area contributed by atoms with E-state index in [0.717, 1.165) is 35.3 Å². The van der Waals surface area contributed by atoms with E-state index in [0.29, 0.717) is 6.54 Å². The van der Waals surface area contributed by atoms with Crippen molar-refractivity contribution >= 4 is 29.1 Å². The maximum atomic E-state index is 4.69. The van der Waals surface area contributed by atoms with Gasteiger partial charge in [0.2, 0.25) is 0 Å². The fourth-order valence-electron chi connectivity index (χ4n) is 2.19. The highest BCUT2D eigenvalue weighted by Crippen LogP contribution is 2.21. The Hall–Kier alpha value is -1.53. The lowest BCUT2D eigenvalue weighted by atomic mass is 10.2. The Balaban J connectivity index is 1.87. The third-order valence-corrected chi connectivity index (χ3v) is 4.94. The number of nitrogens with one attached hydrogen (secondary N) is 2. The van der Waals surface area contributed by atoms with Gasteiger partial charge < -0.3 is 10.6 Å². The van der Waals surface area contributed by atoms with Crippen LogP contribution in [0, 0.1) is 0 Å². The van der Waals surface area contributed by atoms with Gasteiger partial charge in [-0.25, -0.2) is 9.98 Å². The Kier molecular flexibility index (Phi) is 8.70. The number of hydrogen-bond acceptors (Lipinski definition) is 4. The molecule has 0 aliphatic heterocycles. The standard InChI is InChI=1S/C18H26N4S2/c1-3-19-18(20-11-7-8-12-23-2)21-13-17-22-16(14-24-17)15-9-5-4-6-10-15/h4-6,9-10,14H,3,7-8,11-13H2,1-2H3,(H2,19,20,21). The maximum absolute atomic E-state index is 4.69. The molecule has 6 heteroatoms. The number of aliphatic imine (C=N–C) groups is 1. The summed E-state index contributed by atoms with van der Waals surface area (Å²) in [5.74, 6) is 2.09. The predicted octanol–water partition coefficient (Wildman–Crippen LogP) is 4.01. The molecule has 0 saturated heterocycles. The van der Waals surface area contributed by atoms with E-state index in [-0.39, 0.29) is 0 Å². The first-order valence-corrected chi connectivity index (χ1v) is 10.6. The van der Waals surface area contributed by atoms with E-state index in [1.807, 2.05) is 30.0 Å². The molecule has 0 aliphatic rings. The first-order chi connectivity index (χ1) is 11.8. The van der Waals surface area contributed by atoms with Gasteiger partial charge in [-0.2, -0.15) is 11.8 Å². The summed E-state index contributed by atoms with van der Waals surface area (Å²) < 4.78 is 0. The van der Waals surface area contributed by atoms with Crippen molar-refractivity contribution in [1.82, 2.24) is 15.6 Å². The molecule has 0 unspecified atom stereocenters. The van der Waals surface area contributed by atoms with Crippen LogP contribution in [-0.4, -0.2) is 36.0 Å². The Labute approximate surface area is 153 Å². The predicted molar refractivity (Wildman–Crippen MR) is 108 cm³/mol. The van der Waals surface area contributed by atoms with Gasteiger partial charge in [-0.05, 0) is 31.8 Å². The van der Waals surface area contributed by atoms with Gasteiger partial charge >= 0.3 is 0 Å². The lowest BCUT2D eigenvalue weighted by Crippen LogP contribution is -2.37. The number of benzene rings is 1. The molecule has 1 aromatic heterocycles. The molecule has 4 nitrogen and oxygen atoms in total. The number of thioether (sulfide) groups is 1. The monoisotopic (exact) mass is 362 g/mol. The van der Waals surface area contributed by atoms with E-state index < -0.39 is 0 Å². The number of nitrogens with zero attached hydrogens (tertiary/aromatic N) is 2. The Morgan fingerprint density at radius 1 is 1.21 bits per heavy atom. The van der Waals surface area contributed by atoms with Crippen molar-refractivity contribution in [2.75, 3.05) is 25.1 Å². The molecule has 2 rings (SSSR count). The van der Waals surface area contributed by atoms with Gasteiger partial charge in [-0.3, -0.25) is 0 Å². The molecule has 2 N–H and O–H groups in total. The summed E-state index contributed by atoms with van der Waals surface area (Å²) in [6.07, 6.45) is 4.55. The average Bonchev–Trinajstić information content (AvgIpc) is 3.09. The van der Waals surface area contributed by atoms with Crippen molar-refractivity contribution in [3.8, 4) is 11.3 Å². The van der Waals surface area contributed by atoms with Crippen LogP contribution in [0.2, 0.25) is 0 Å². The SMILES string of the molecule is CCNC(=NCc1nc(-c2ccccc2)cs1)NCCCCSC. The van der Waals surface area contributed by atoms with E-state index >= 15 is 0 Å². The maximum Gasteiger partial charge on any atom is 0.191 e. The normalized spacial score (nSPS) is 11.5. The topological polar surface area (TPSA) is 49.3 Å². The number of hydrogen-bond donors (Lipinski definition) is 2. The molecule has 0 spiro atoms. The smallest absolute Gasteiger partial charge is 0.191 e. The fourth-order valence-corrected chi connectivity index (χ4v) is 3.41. The van der Waals surface area contributed by atoms with Crippen molar-refractivity contribution in [2.24, 2.45) is 4.99 Å². The largest absolute Gasteiger partial charge is 0.357 e. The van der Waals surface area contributed by atoms with Gasteiger partial charge in [-0.1, -0.05) is 30.3 Å². The summed E-state index contributed by atoms with van der Waals surface area (Å²) in [6.45, 7) is 4.52. The van der Waals surface area contributed by atoms with E-state index in [1.165, 1.54) is 18.6 Å². The van der Waals surface area contributed by atoms with Gasteiger partial charge in [-0.15, -0.1) is 11.3 Å². The van der Waals surface area contributed by atoms with Crippen LogP contribution >= 0.6 is 23.1 Å². The van der Waals surface area contributed by atoms with Crippen LogP contribution in [0.5, 0.6) is 0 Å². The van der Waals surface area contributed by atoms with Gasteiger partial charge in [0.25, 0.3) is 0 Å². The minimum absolute atomic E-state index is 0.609. The van der Waals surface area contributed by atoms with Gasteiger partial charge in [0.1, 0.15) is 5.01 Å². The second kappa shape index (κ2) is 11.1. The van der Waals surface area contributed by atoms with E-state index in [9.17, 15) is 0 Å². The summed E-state index contributed by atoms with van der Waals surface area (Å²) in [5, 5.41) is 9.82. The first kappa shape index (κ1) is 18.8. The molecule has 0 bridgehead atoms. The molecule has 2 aromatic rings. The lowest BCUT2D eigenvalue weighted by Gasteiger charge is -2.10. The molecular formula is C18H26N4S2. The number of rotatable bonds is 9. The van der Waals surface area contributed by atoms with E-state index in [2.05, 4.69) is 51.3 Å². The molecular weight excluding hydrogens is 336 g/mol. The molecule has 1 aromatic carbocycles. The van der Waals surface area contributed by atoms with Crippen molar-refractivity contribution < 1.29 is 0 Å². The van der Waals surface area contributed by atoms with E-state index in [4.69, 9.17) is 0 Å². The zero-order valence-electron chi connectivity index (χ0n) is 14.4. The third-order valence-electron chi connectivity index (χ3n) is 3.41. The van der Waals surface area contributed by atoms with Crippen LogP contribution in [0.4, 0.5) is 0 Å². The second-order valence-corrected chi connectivity index (χ2v) is 7.24. The van der Waals surface area contributed by atoms with Crippen LogP contribution in [-0.2, 0) is 6.54 Å². The summed E-state index contributed by atoms with van der Waals surface area (Å²) in [7, 11) is 0. The highest BCUT2D eigenvalue weighted by atomic mass is 32.2. The van der Waals surface area contributed by atoms with E-state index in [1.54, 1.807) is 11.3 Å². The summed E-state index contributed by atoms with van der Waals surface area (Å²) in [5.41, 5.74) is 2.18.